The maximum absolute atomic E-state index is 12.2. The molecule has 0 bridgehead atoms. The lowest BCUT2D eigenvalue weighted by Gasteiger charge is -2.39. The summed E-state index contributed by atoms with van der Waals surface area (Å²) in [5.74, 6) is 0.215. The zero-order valence-electron chi connectivity index (χ0n) is 18.4. The summed E-state index contributed by atoms with van der Waals surface area (Å²) in [5, 5.41) is 12.2. The summed E-state index contributed by atoms with van der Waals surface area (Å²) in [7, 11) is 1.56. The van der Waals surface area contributed by atoms with Crippen molar-refractivity contribution in [2.45, 2.75) is 58.9 Å². The third kappa shape index (κ3) is 6.62. The van der Waals surface area contributed by atoms with Crippen molar-refractivity contribution in [1.82, 2.24) is 5.32 Å². The first-order chi connectivity index (χ1) is 14.3. The van der Waals surface area contributed by atoms with E-state index >= 15 is 0 Å². The fraction of sp³-hybridized carbons (Fsp3) is 0.542. The minimum absolute atomic E-state index is 0.116. The van der Waals surface area contributed by atoms with Crippen molar-refractivity contribution in [3.05, 3.63) is 35.4 Å². The van der Waals surface area contributed by atoms with Gasteiger partial charge in [0, 0.05) is 6.04 Å². The Morgan fingerprint density at radius 1 is 1.20 bits per heavy atom. The fourth-order valence-corrected chi connectivity index (χ4v) is 3.79. The molecule has 0 aliphatic heterocycles. The van der Waals surface area contributed by atoms with Crippen LogP contribution in [0.5, 0.6) is 5.75 Å². The molecule has 1 saturated carbocycles. The Morgan fingerprint density at radius 3 is 2.37 bits per heavy atom. The summed E-state index contributed by atoms with van der Waals surface area (Å²) in [5.41, 5.74) is 0.838. The molecule has 1 aliphatic rings. The van der Waals surface area contributed by atoms with E-state index in [4.69, 9.17) is 9.47 Å². The van der Waals surface area contributed by atoms with Gasteiger partial charge in [-0.1, -0.05) is 39.3 Å². The number of carbonyl (C=O) groups excluding carboxylic acids is 2. The minimum Gasteiger partial charge on any atom is -0.497 e. The largest absolute Gasteiger partial charge is 0.497 e. The molecule has 1 amide bonds. The van der Waals surface area contributed by atoms with E-state index in [1.165, 1.54) is 6.08 Å². The van der Waals surface area contributed by atoms with E-state index < -0.39 is 5.97 Å². The van der Waals surface area contributed by atoms with Crippen LogP contribution in [-0.4, -0.2) is 31.6 Å². The van der Waals surface area contributed by atoms with Crippen LogP contribution in [0, 0.1) is 22.7 Å². The lowest BCUT2D eigenvalue weighted by Crippen LogP contribution is -2.41. The third-order valence-electron chi connectivity index (χ3n) is 6.21. The molecule has 1 aliphatic carbocycles. The number of esters is 1. The van der Waals surface area contributed by atoms with Gasteiger partial charge in [0.1, 0.15) is 17.4 Å². The zero-order valence-corrected chi connectivity index (χ0v) is 18.4. The van der Waals surface area contributed by atoms with Crippen molar-refractivity contribution in [3.63, 3.8) is 0 Å². The zero-order chi connectivity index (χ0) is 22.1. The second-order valence-corrected chi connectivity index (χ2v) is 8.48. The Morgan fingerprint density at radius 2 is 1.83 bits per heavy atom. The number of nitriles is 1. The van der Waals surface area contributed by atoms with Gasteiger partial charge in [-0.3, -0.25) is 4.79 Å². The van der Waals surface area contributed by atoms with Gasteiger partial charge in [-0.2, -0.15) is 5.26 Å². The second kappa shape index (κ2) is 10.8. The van der Waals surface area contributed by atoms with E-state index in [1.807, 2.05) is 6.07 Å². The van der Waals surface area contributed by atoms with E-state index in [1.54, 1.807) is 31.4 Å². The first-order valence-corrected chi connectivity index (χ1v) is 10.5. The normalized spacial score (nSPS) is 19.5. The number of carbonyl (C=O) groups is 2. The molecule has 30 heavy (non-hydrogen) atoms. The maximum atomic E-state index is 12.2. The van der Waals surface area contributed by atoms with Crippen molar-refractivity contribution in [1.29, 1.82) is 5.26 Å². The van der Waals surface area contributed by atoms with Gasteiger partial charge >= 0.3 is 5.97 Å². The van der Waals surface area contributed by atoms with Gasteiger partial charge in [0.2, 0.25) is 0 Å². The average Bonchev–Trinajstić information content (AvgIpc) is 2.76. The number of nitrogens with zero attached hydrogens (tertiary/aromatic N) is 1. The molecule has 0 heterocycles. The quantitative estimate of drug-likeness (QED) is 0.392. The SMILES string of the molecule is CCC(C)(C)C1CCC(NC(=O)COC(=O)/C(C#N)=C/c2ccc(OC)cc2)CC1. The van der Waals surface area contributed by atoms with E-state index in [-0.39, 0.29) is 24.1 Å². The number of hydrogen-bond donors (Lipinski definition) is 1. The third-order valence-corrected chi connectivity index (χ3v) is 6.21. The number of benzene rings is 1. The molecule has 1 fully saturated rings. The highest BCUT2D eigenvalue weighted by molar-refractivity contribution is 5.98. The van der Waals surface area contributed by atoms with Gasteiger partial charge < -0.3 is 14.8 Å². The smallest absolute Gasteiger partial charge is 0.349 e. The molecule has 0 atom stereocenters. The van der Waals surface area contributed by atoms with Gasteiger partial charge in [0.05, 0.1) is 7.11 Å². The molecule has 6 nitrogen and oxygen atoms in total. The summed E-state index contributed by atoms with van der Waals surface area (Å²) >= 11 is 0. The molecule has 6 heteroatoms. The Hall–Kier alpha value is -2.81. The van der Waals surface area contributed by atoms with Crippen LogP contribution in [0.4, 0.5) is 0 Å². The molecule has 0 aromatic heterocycles. The van der Waals surface area contributed by atoms with Gasteiger partial charge in [0.15, 0.2) is 6.61 Å². The lowest BCUT2D eigenvalue weighted by atomic mass is 9.69. The van der Waals surface area contributed by atoms with Crippen molar-refractivity contribution < 1.29 is 19.1 Å². The van der Waals surface area contributed by atoms with Crippen LogP contribution in [0.3, 0.4) is 0 Å². The molecular formula is C24H32N2O4. The Balaban J connectivity index is 1.81. The topological polar surface area (TPSA) is 88.4 Å². The minimum atomic E-state index is -0.808. The maximum Gasteiger partial charge on any atom is 0.349 e. The second-order valence-electron chi connectivity index (χ2n) is 8.48. The molecule has 1 aromatic carbocycles. The van der Waals surface area contributed by atoms with E-state index in [0.29, 0.717) is 22.6 Å². The van der Waals surface area contributed by atoms with E-state index in [9.17, 15) is 14.9 Å². The molecule has 1 aromatic rings. The Kier molecular flexibility index (Phi) is 8.46. The standard InChI is InChI=1S/C24H32N2O4/c1-5-24(2,3)19-8-10-20(11-9-19)26-22(27)16-30-23(28)18(15-25)14-17-6-12-21(29-4)13-7-17/h6-7,12-14,19-20H,5,8-11,16H2,1-4H3,(H,26,27)/b18-14+. The van der Waals surface area contributed by atoms with E-state index in [2.05, 4.69) is 26.1 Å². The molecule has 162 valence electrons. The lowest BCUT2D eigenvalue weighted by molar-refractivity contribution is -0.144. The van der Waals surface area contributed by atoms with Crippen LogP contribution in [0.25, 0.3) is 6.08 Å². The summed E-state index contributed by atoms with van der Waals surface area (Å²) in [6, 6.07) is 8.87. The summed E-state index contributed by atoms with van der Waals surface area (Å²) in [4.78, 5) is 24.4. The summed E-state index contributed by atoms with van der Waals surface area (Å²) < 4.78 is 10.1. The Labute approximate surface area is 179 Å². The monoisotopic (exact) mass is 412 g/mol. The number of amides is 1. The van der Waals surface area contributed by atoms with Gasteiger partial charge in [-0.05, 0) is 60.8 Å². The first-order valence-electron chi connectivity index (χ1n) is 10.5. The van der Waals surface area contributed by atoms with Crippen LogP contribution in [-0.2, 0) is 14.3 Å². The predicted molar refractivity (Wildman–Crippen MR) is 116 cm³/mol. The molecule has 0 spiro atoms. The van der Waals surface area contributed by atoms with Gasteiger partial charge in [-0.15, -0.1) is 0 Å². The van der Waals surface area contributed by atoms with Crippen molar-refractivity contribution in [2.75, 3.05) is 13.7 Å². The number of methoxy groups -OCH3 is 1. The van der Waals surface area contributed by atoms with Crippen LogP contribution < -0.4 is 10.1 Å². The van der Waals surface area contributed by atoms with Crippen molar-refractivity contribution >= 4 is 18.0 Å². The van der Waals surface area contributed by atoms with Crippen LogP contribution in [0.1, 0.15) is 58.4 Å². The average molecular weight is 413 g/mol. The molecule has 0 unspecified atom stereocenters. The highest BCUT2D eigenvalue weighted by atomic mass is 16.5. The Bertz CT molecular complexity index is 797. The highest BCUT2D eigenvalue weighted by Gasteiger charge is 2.32. The van der Waals surface area contributed by atoms with Crippen LogP contribution in [0.2, 0.25) is 0 Å². The number of nitrogens with one attached hydrogen (secondary N) is 1. The van der Waals surface area contributed by atoms with Crippen molar-refractivity contribution in [2.24, 2.45) is 11.3 Å². The van der Waals surface area contributed by atoms with Gasteiger partial charge in [0.25, 0.3) is 5.91 Å². The predicted octanol–water partition coefficient (Wildman–Crippen LogP) is 4.26. The molecule has 0 saturated heterocycles. The highest BCUT2D eigenvalue weighted by Crippen LogP contribution is 2.40. The first kappa shape index (κ1) is 23.5. The number of ether oxygens (including phenoxy) is 2. The summed E-state index contributed by atoms with van der Waals surface area (Å²) in [6.07, 6.45) is 6.64. The molecule has 1 N–H and O–H groups in total. The van der Waals surface area contributed by atoms with E-state index in [0.717, 1.165) is 32.1 Å². The summed E-state index contributed by atoms with van der Waals surface area (Å²) in [6.45, 7) is 6.45. The number of hydrogen-bond acceptors (Lipinski definition) is 5. The van der Waals surface area contributed by atoms with Crippen molar-refractivity contribution in [3.8, 4) is 11.8 Å². The number of rotatable bonds is 8. The molecule has 2 rings (SSSR count). The molecular weight excluding hydrogens is 380 g/mol. The van der Waals surface area contributed by atoms with Crippen LogP contribution in [0.15, 0.2) is 29.8 Å². The molecule has 0 radical (unpaired) electrons. The van der Waals surface area contributed by atoms with Crippen LogP contribution >= 0.6 is 0 Å². The fourth-order valence-electron chi connectivity index (χ4n) is 3.79. The van der Waals surface area contributed by atoms with Gasteiger partial charge in [-0.25, -0.2) is 4.79 Å².